The van der Waals surface area contributed by atoms with E-state index in [-0.39, 0.29) is 18.6 Å². The highest BCUT2D eigenvalue weighted by Gasteiger charge is 2.24. The molecule has 7 heteroatoms. The maximum Gasteiger partial charge on any atom is 0.242 e. The topological polar surface area (TPSA) is 75.2 Å². The van der Waals surface area contributed by atoms with Gasteiger partial charge in [-0.05, 0) is 51.9 Å². The van der Waals surface area contributed by atoms with Gasteiger partial charge < -0.3 is 25.0 Å². The van der Waals surface area contributed by atoms with Crippen molar-refractivity contribution in [2.24, 2.45) is 4.99 Å². The molecule has 7 nitrogen and oxygen atoms in total. The van der Waals surface area contributed by atoms with E-state index < -0.39 is 0 Å². The van der Waals surface area contributed by atoms with Gasteiger partial charge in [0.25, 0.3) is 0 Å². The summed E-state index contributed by atoms with van der Waals surface area (Å²) in [4.78, 5) is 19.2. The van der Waals surface area contributed by atoms with Crippen molar-refractivity contribution in [2.75, 3.05) is 39.4 Å². The first-order valence-corrected chi connectivity index (χ1v) is 11.8. The quantitative estimate of drug-likeness (QED) is 0.500. The summed E-state index contributed by atoms with van der Waals surface area (Å²) in [6, 6.07) is 0.343. The standard InChI is InChI=1S/C22H40N4O3/c1-2-23-22(24-16-21(27)25-18-8-4-3-5-9-18)26-13-11-19(12-14-26)29-17-20-10-6-7-15-28-20/h18-20H,2-17H2,1H3,(H,23,24)(H,25,27). The Kier molecular flexibility index (Phi) is 9.54. The van der Waals surface area contributed by atoms with Crippen LogP contribution in [0.1, 0.15) is 71.1 Å². The van der Waals surface area contributed by atoms with E-state index in [1.54, 1.807) is 0 Å². The van der Waals surface area contributed by atoms with Gasteiger partial charge in [0.05, 0.1) is 18.8 Å². The van der Waals surface area contributed by atoms with Crippen LogP contribution in [0.4, 0.5) is 0 Å². The van der Waals surface area contributed by atoms with E-state index in [2.05, 4.69) is 27.4 Å². The number of carbonyl (C=O) groups excluding carboxylic acids is 1. The molecule has 3 fully saturated rings. The largest absolute Gasteiger partial charge is 0.376 e. The Morgan fingerprint density at radius 2 is 1.83 bits per heavy atom. The molecule has 3 rings (SSSR count). The predicted octanol–water partition coefficient (Wildman–Crippen LogP) is 2.45. The van der Waals surface area contributed by atoms with Crippen molar-refractivity contribution < 1.29 is 14.3 Å². The highest BCUT2D eigenvalue weighted by atomic mass is 16.5. The Balaban J connectivity index is 1.39. The van der Waals surface area contributed by atoms with Crippen molar-refractivity contribution in [2.45, 2.75) is 89.4 Å². The van der Waals surface area contributed by atoms with Gasteiger partial charge in [-0.3, -0.25) is 4.79 Å². The minimum atomic E-state index is 0.0398. The van der Waals surface area contributed by atoms with Crippen LogP contribution >= 0.6 is 0 Å². The molecule has 0 spiro atoms. The van der Waals surface area contributed by atoms with E-state index in [1.165, 1.54) is 32.1 Å². The molecule has 0 bridgehead atoms. The zero-order valence-electron chi connectivity index (χ0n) is 18.2. The number of nitrogens with one attached hydrogen (secondary N) is 2. The first kappa shape index (κ1) is 22.3. The van der Waals surface area contributed by atoms with Crippen molar-refractivity contribution in [1.29, 1.82) is 0 Å². The maximum absolute atomic E-state index is 12.3. The fraction of sp³-hybridized carbons (Fsp3) is 0.909. The molecule has 0 aromatic heterocycles. The number of nitrogens with zero attached hydrogens (tertiary/aromatic N) is 2. The van der Waals surface area contributed by atoms with Crippen molar-refractivity contribution in [3.05, 3.63) is 0 Å². The molecule has 2 aliphatic heterocycles. The summed E-state index contributed by atoms with van der Waals surface area (Å²) in [6.07, 6.45) is 12.1. The van der Waals surface area contributed by atoms with Gasteiger partial charge in [0.2, 0.25) is 5.91 Å². The predicted molar refractivity (Wildman–Crippen MR) is 115 cm³/mol. The molecular weight excluding hydrogens is 368 g/mol. The van der Waals surface area contributed by atoms with Crippen LogP contribution in [0.5, 0.6) is 0 Å². The highest BCUT2D eigenvalue weighted by Crippen LogP contribution is 2.18. The summed E-state index contributed by atoms with van der Waals surface area (Å²) >= 11 is 0. The summed E-state index contributed by atoms with van der Waals surface area (Å²) < 4.78 is 11.9. The third-order valence-electron chi connectivity index (χ3n) is 6.21. The Bertz CT molecular complexity index is 508. The fourth-order valence-electron chi connectivity index (χ4n) is 4.51. The number of hydrogen-bond donors (Lipinski definition) is 2. The molecule has 0 aromatic rings. The van der Waals surface area contributed by atoms with Crippen molar-refractivity contribution in [3.63, 3.8) is 0 Å². The van der Waals surface area contributed by atoms with Crippen LogP contribution in [0.25, 0.3) is 0 Å². The summed E-state index contributed by atoms with van der Waals surface area (Å²) in [5, 5.41) is 6.49. The molecule has 3 aliphatic rings. The van der Waals surface area contributed by atoms with Crippen LogP contribution < -0.4 is 10.6 Å². The van der Waals surface area contributed by atoms with Gasteiger partial charge in [-0.25, -0.2) is 4.99 Å². The number of likely N-dealkylation sites (tertiary alicyclic amines) is 1. The second-order valence-electron chi connectivity index (χ2n) is 8.58. The van der Waals surface area contributed by atoms with E-state index in [0.717, 1.165) is 70.9 Å². The Hall–Kier alpha value is -1.34. The molecule has 2 saturated heterocycles. The van der Waals surface area contributed by atoms with E-state index >= 15 is 0 Å². The SMILES string of the molecule is CCNC(=NCC(=O)NC1CCCCC1)N1CCC(OCC2CCCCO2)CC1. The molecular formula is C22H40N4O3. The molecule has 29 heavy (non-hydrogen) atoms. The molecule has 1 atom stereocenters. The molecule has 2 heterocycles. The number of amides is 1. The lowest BCUT2D eigenvalue weighted by Crippen LogP contribution is -2.48. The van der Waals surface area contributed by atoms with E-state index in [1.807, 2.05) is 0 Å². The van der Waals surface area contributed by atoms with E-state index in [4.69, 9.17) is 9.47 Å². The lowest BCUT2D eigenvalue weighted by molar-refractivity contribution is -0.120. The number of guanidine groups is 1. The van der Waals surface area contributed by atoms with Gasteiger partial charge in [-0.15, -0.1) is 0 Å². The second-order valence-corrected chi connectivity index (χ2v) is 8.58. The summed E-state index contributed by atoms with van der Waals surface area (Å²) in [7, 11) is 0. The van der Waals surface area contributed by atoms with Crippen molar-refractivity contribution in [1.82, 2.24) is 15.5 Å². The molecule has 1 saturated carbocycles. The number of hydrogen-bond acceptors (Lipinski definition) is 4. The molecule has 1 amide bonds. The molecule has 1 unspecified atom stereocenters. The monoisotopic (exact) mass is 408 g/mol. The molecule has 0 radical (unpaired) electrons. The van der Waals surface area contributed by atoms with Crippen LogP contribution in [-0.4, -0.2) is 74.4 Å². The van der Waals surface area contributed by atoms with Gasteiger partial charge in [-0.1, -0.05) is 19.3 Å². The van der Waals surface area contributed by atoms with Gasteiger partial charge in [0.15, 0.2) is 5.96 Å². The molecule has 2 N–H and O–H groups in total. The van der Waals surface area contributed by atoms with Crippen LogP contribution in [0, 0.1) is 0 Å². The summed E-state index contributed by atoms with van der Waals surface area (Å²) in [6.45, 7) is 6.49. The Morgan fingerprint density at radius 1 is 1.07 bits per heavy atom. The van der Waals surface area contributed by atoms with Gasteiger partial charge >= 0.3 is 0 Å². The zero-order valence-corrected chi connectivity index (χ0v) is 18.2. The fourth-order valence-corrected chi connectivity index (χ4v) is 4.51. The lowest BCUT2D eigenvalue weighted by Gasteiger charge is -2.35. The average Bonchev–Trinajstić information content (AvgIpc) is 2.77. The van der Waals surface area contributed by atoms with E-state index in [9.17, 15) is 4.79 Å². The smallest absolute Gasteiger partial charge is 0.242 e. The third kappa shape index (κ3) is 7.78. The first-order valence-electron chi connectivity index (χ1n) is 11.8. The van der Waals surface area contributed by atoms with Crippen LogP contribution in [0.3, 0.4) is 0 Å². The van der Waals surface area contributed by atoms with Crippen LogP contribution in [-0.2, 0) is 14.3 Å². The van der Waals surface area contributed by atoms with Gasteiger partial charge in [-0.2, -0.15) is 0 Å². The molecule has 1 aliphatic carbocycles. The number of aliphatic imine (C=N–C) groups is 1. The summed E-state index contributed by atoms with van der Waals surface area (Å²) in [5.74, 6) is 0.887. The van der Waals surface area contributed by atoms with Gasteiger partial charge in [0.1, 0.15) is 6.54 Å². The first-order chi connectivity index (χ1) is 14.2. The average molecular weight is 409 g/mol. The van der Waals surface area contributed by atoms with E-state index in [0.29, 0.717) is 12.1 Å². The van der Waals surface area contributed by atoms with Crippen LogP contribution in [0.15, 0.2) is 4.99 Å². The Labute approximate surface area is 176 Å². The summed E-state index contributed by atoms with van der Waals surface area (Å²) in [5.41, 5.74) is 0. The highest BCUT2D eigenvalue weighted by molar-refractivity contribution is 5.85. The van der Waals surface area contributed by atoms with Gasteiger partial charge in [0, 0.05) is 32.3 Å². The number of rotatable bonds is 7. The Morgan fingerprint density at radius 3 is 2.52 bits per heavy atom. The number of piperidine rings is 1. The normalized spacial score (nSPS) is 25.1. The lowest BCUT2D eigenvalue weighted by atomic mass is 9.95. The zero-order chi connectivity index (χ0) is 20.3. The number of carbonyl (C=O) groups is 1. The second kappa shape index (κ2) is 12.4. The minimum Gasteiger partial charge on any atom is -0.376 e. The maximum atomic E-state index is 12.3. The van der Waals surface area contributed by atoms with Crippen molar-refractivity contribution in [3.8, 4) is 0 Å². The van der Waals surface area contributed by atoms with Crippen LogP contribution in [0.2, 0.25) is 0 Å². The minimum absolute atomic E-state index is 0.0398. The van der Waals surface area contributed by atoms with Crippen molar-refractivity contribution >= 4 is 11.9 Å². The number of ether oxygens (including phenoxy) is 2. The third-order valence-corrected chi connectivity index (χ3v) is 6.21. The molecule has 166 valence electrons. The molecule has 0 aromatic carbocycles.